The third-order valence-electron chi connectivity index (χ3n) is 5.15. The summed E-state index contributed by atoms with van der Waals surface area (Å²) < 4.78 is 19.5. The van der Waals surface area contributed by atoms with E-state index in [4.69, 9.17) is 9.84 Å². The van der Waals surface area contributed by atoms with Gasteiger partial charge in [0.25, 0.3) is 0 Å². The van der Waals surface area contributed by atoms with Gasteiger partial charge in [-0.05, 0) is 54.7 Å². The first-order chi connectivity index (χ1) is 14.0. The van der Waals surface area contributed by atoms with E-state index >= 15 is 0 Å². The standard InChI is InChI=1S/C24H26FNO3/c1-17-6-3-4-8-21(17)23(22-10-9-20(25)14-18(22)2)16-29-13-12-26-11-5-7-19(15-26)24(27)28/h3-4,6-10,14,16H,5,11-13,15H2,1-2H3,(H,27,28). The molecule has 3 rings (SSSR count). The predicted molar refractivity (Wildman–Crippen MR) is 112 cm³/mol. The van der Waals surface area contributed by atoms with Crippen LogP contribution in [-0.2, 0) is 9.53 Å². The topological polar surface area (TPSA) is 49.8 Å². The summed E-state index contributed by atoms with van der Waals surface area (Å²) in [5.41, 5.74) is 5.26. The van der Waals surface area contributed by atoms with Crippen LogP contribution in [0.15, 0.2) is 60.4 Å². The highest BCUT2D eigenvalue weighted by atomic mass is 19.1. The van der Waals surface area contributed by atoms with Gasteiger partial charge in [-0.25, -0.2) is 9.18 Å². The summed E-state index contributed by atoms with van der Waals surface area (Å²) >= 11 is 0. The second-order valence-electron chi connectivity index (χ2n) is 7.28. The maximum atomic E-state index is 13.6. The SMILES string of the molecule is Cc1ccccc1C(=COCCN1CCC=C(C(=O)O)C1)c1ccc(F)cc1C. The van der Waals surface area contributed by atoms with E-state index in [1.807, 2.05) is 38.1 Å². The van der Waals surface area contributed by atoms with Crippen LogP contribution in [0, 0.1) is 19.7 Å². The lowest BCUT2D eigenvalue weighted by Gasteiger charge is -2.25. The van der Waals surface area contributed by atoms with Crippen molar-refractivity contribution in [3.8, 4) is 0 Å². The first-order valence-corrected chi connectivity index (χ1v) is 9.74. The second kappa shape index (κ2) is 9.52. The summed E-state index contributed by atoms with van der Waals surface area (Å²) in [6, 6.07) is 12.8. The van der Waals surface area contributed by atoms with Crippen LogP contribution in [-0.4, -0.2) is 42.2 Å². The van der Waals surface area contributed by atoms with E-state index in [0.717, 1.165) is 40.8 Å². The molecule has 0 aromatic heterocycles. The summed E-state index contributed by atoms with van der Waals surface area (Å²) in [5.74, 6) is -1.12. The van der Waals surface area contributed by atoms with Crippen molar-refractivity contribution in [2.45, 2.75) is 20.3 Å². The highest BCUT2D eigenvalue weighted by Gasteiger charge is 2.17. The summed E-state index contributed by atoms with van der Waals surface area (Å²) in [6.45, 7) is 6.27. The third kappa shape index (κ3) is 5.33. The van der Waals surface area contributed by atoms with Crippen molar-refractivity contribution in [1.82, 2.24) is 4.90 Å². The summed E-state index contributed by atoms with van der Waals surface area (Å²) in [4.78, 5) is 13.2. The Morgan fingerprint density at radius 2 is 1.93 bits per heavy atom. The molecule has 29 heavy (non-hydrogen) atoms. The highest BCUT2D eigenvalue weighted by Crippen LogP contribution is 2.29. The van der Waals surface area contributed by atoms with Gasteiger partial charge in [0.05, 0.1) is 6.26 Å². The molecule has 0 spiro atoms. The molecule has 0 fully saturated rings. The molecule has 1 N–H and O–H groups in total. The Labute approximate surface area is 170 Å². The van der Waals surface area contributed by atoms with Crippen LogP contribution >= 0.6 is 0 Å². The van der Waals surface area contributed by atoms with Gasteiger partial charge in [-0.15, -0.1) is 0 Å². The normalized spacial score (nSPS) is 15.1. The molecular weight excluding hydrogens is 369 g/mol. The van der Waals surface area contributed by atoms with Crippen molar-refractivity contribution in [3.05, 3.63) is 88.4 Å². The summed E-state index contributed by atoms with van der Waals surface area (Å²) in [6.07, 6.45) is 4.26. The van der Waals surface area contributed by atoms with Gasteiger partial charge in [-0.3, -0.25) is 4.90 Å². The van der Waals surface area contributed by atoms with Crippen molar-refractivity contribution in [2.24, 2.45) is 0 Å². The van der Waals surface area contributed by atoms with Crippen LogP contribution in [0.5, 0.6) is 0 Å². The fraction of sp³-hybridized carbons (Fsp3) is 0.292. The second-order valence-corrected chi connectivity index (χ2v) is 7.28. The van der Waals surface area contributed by atoms with Gasteiger partial charge in [0.1, 0.15) is 12.4 Å². The van der Waals surface area contributed by atoms with E-state index in [-0.39, 0.29) is 5.82 Å². The average molecular weight is 395 g/mol. The van der Waals surface area contributed by atoms with E-state index < -0.39 is 5.97 Å². The number of aliphatic carboxylic acids is 1. The molecule has 4 nitrogen and oxygen atoms in total. The van der Waals surface area contributed by atoms with Gasteiger partial charge in [0, 0.05) is 30.8 Å². The first kappa shape index (κ1) is 20.8. The Balaban J connectivity index is 1.75. The number of benzene rings is 2. The fourth-order valence-electron chi connectivity index (χ4n) is 3.55. The summed E-state index contributed by atoms with van der Waals surface area (Å²) in [7, 11) is 0. The lowest BCUT2D eigenvalue weighted by Crippen LogP contribution is -2.34. The van der Waals surface area contributed by atoms with Crippen LogP contribution in [0.2, 0.25) is 0 Å². The third-order valence-corrected chi connectivity index (χ3v) is 5.15. The minimum atomic E-state index is -0.857. The number of ether oxygens (including phenoxy) is 1. The van der Waals surface area contributed by atoms with E-state index in [2.05, 4.69) is 4.90 Å². The highest BCUT2D eigenvalue weighted by molar-refractivity contribution is 5.87. The van der Waals surface area contributed by atoms with Crippen molar-refractivity contribution < 1.29 is 19.0 Å². The van der Waals surface area contributed by atoms with Gasteiger partial charge in [-0.2, -0.15) is 0 Å². The molecule has 0 saturated carbocycles. The Hall–Kier alpha value is -2.92. The Bertz CT molecular complexity index is 949. The number of carboxylic acid groups (broad SMARTS) is 1. The zero-order chi connectivity index (χ0) is 20.8. The quantitative estimate of drug-likeness (QED) is 0.551. The zero-order valence-electron chi connectivity index (χ0n) is 16.8. The molecule has 0 saturated heterocycles. The monoisotopic (exact) mass is 395 g/mol. The molecule has 1 aliphatic rings. The average Bonchev–Trinajstić information content (AvgIpc) is 2.70. The number of carboxylic acids is 1. The largest absolute Gasteiger partial charge is 0.499 e. The molecular formula is C24H26FNO3. The van der Waals surface area contributed by atoms with Crippen molar-refractivity contribution in [1.29, 1.82) is 0 Å². The molecule has 5 heteroatoms. The van der Waals surface area contributed by atoms with Gasteiger partial charge in [0.2, 0.25) is 0 Å². The molecule has 1 aliphatic heterocycles. The Morgan fingerprint density at radius 3 is 2.66 bits per heavy atom. The lowest BCUT2D eigenvalue weighted by atomic mass is 9.92. The molecule has 0 atom stereocenters. The molecule has 0 bridgehead atoms. The lowest BCUT2D eigenvalue weighted by molar-refractivity contribution is -0.133. The Kier molecular flexibility index (Phi) is 6.83. The van der Waals surface area contributed by atoms with Gasteiger partial charge in [0.15, 0.2) is 0 Å². The van der Waals surface area contributed by atoms with Gasteiger partial charge >= 0.3 is 5.97 Å². The van der Waals surface area contributed by atoms with Gasteiger partial charge < -0.3 is 9.84 Å². The maximum absolute atomic E-state index is 13.6. The molecule has 1 heterocycles. The molecule has 2 aromatic carbocycles. The minimum Gasteiger partial charge on any atom is -0.499 e. The number of aryl methyl sites for hydroxylation is 2. The van der Waals surface area contributed by atoms with Crippen molar-refractivity contribution >= 4 is 11.5 Å². The first-order valence-electron chi connectivity index (χ1n) is 9.74. The zero-order valence-corrected chi connectivity index (χ0v) is 16.8. The molecule has 2 aromatic rings. The van der Waals surface area contributed by atoms with E-state index in [1.54, 1.807) is 18.4 Å². The number of nitrogens with zero attached hydrogens (tertiary/aromatic N) is 1. The van der Waals surface area contributed by atoms with Gasteiger partial charge in [-0.1, -0.05) is 36.4 Å². The smallest absolute Gasteiger partial charge is 0.332 e. The van der Waals surface area contributed by atoms with Crippen LogP contribution in [0.1, 0.15) is 28.7 Å². The summed E-state index contributed by atoms with van der Waals surface area (Å²) in [5, 5.41) is 9.16. The van der Waals surface area contributed by atoms with E-state index in [9.17, 15) is 9.18 Å². The molecule has 152 valence electrons. The van der Waals surface area contributed by atoms with Crippen LogP contribution in [0.25, 0.3) is 5.57 Å². The maximum Gasteiger partial charge on any atom is 0.332 e. The number of hydrogen-bond donors (Lipinski definition) is 1. The number of rotatable bonds is 7. The number of carbonyl (C=O) groups is 1. The minimum absolute atomic E-state index is 0.260. The molecule has 0 amide bonds. The van der Waals surface area contributed by atoms with Crippen LogP contribution in [0.3, 0.4) is 0 Å². The van der Waals surface area contributed by atoms with Crippen molar-refractivity contribution in [3.63, 3.8) is 0 Å². The number of hydrogen-bond acceptors (Lipinski definition) is 3. The molecule has 0 unspecified atom stereocenters. The molecule has 0 radical (unpaired) electrons. The van der Waals surface area contributed by atoms with Crippen LogP contribution < -0.4 is 0 Å². The molecule has 0 aliphatic carbocycles. The Morgan fingerprint density at radius 1 is 1.17 bits per heavy atom. The van der Waals surface area contributed by atoms with Crippen molar-refractivity contribution in [2.75, 3.05) is 26.2 Å². The fourth-order valence-corrected chi connectivity index (χ4v) is 3.55. The van der Waals surface area contributed by atoms with E-state index in [0.29, 0.717) is 25.3 Å². The van der Waals surface area contributed by atoms with Crippen LogP contribution in [0.4, 0.5) is 4.39 Å². The number of halogens is 1. The van der Waals surface area contributed by atoms with E-state index in [1.165, 1.54) is 12.1 Å². The predicted octanol–water partition coefficient (Wildman–Crippen LogP) is 4.57.